The zero-order valence-electron chi connectivity index (χ0n) is 10.9. The van der Waals surface area contributed by atoms with E-state index in [1.54, 1.807) is 11.8 Å². The van der Waals surface area contributed by atoms with Gasteiger partial charge in [0.15, 0.2) is 0 Å². The summed E-state index contributed by atoms with van der Waals surface area (Å²) in [7, 11) is 0. The fraction of sp³-hybridized carbons (Fsp3) is 0.200. The molecule has 0 spiro atoms. The SMILES string of the molecule is CSc1ccc(Oc2ccc([C@@H](C)N)c(Br)c2)cc1. The van der Waals surface area contributed by atoms with Gasteiger partial charge in [0.25, 0.3) is 0 Å². The lowest BCUT2D eigenvalue weighted by molar-refractivity contribution is 0.481. The maximum atomic E-state index is 5.88. The first-order valence-electron chi connectivity index (χ1n) is 5.97. The molecule has 1 atom stereocenters. The third-order valence-electron chi connectivity index (χ3n) is 2.76. The van der Waals surface area contributed by atoms with Crippen molar-refractivity contribution in [3.63, 3.8) is 0 Å². The minimum absolute atomic E-state index is 0.00397. The van der Waals surface area contributed by atoms with Crippen molar-refractivity contribution in [2.75, 3.05) is 6.26 Å². The molecule has 4 heteroatoms. The standard InChI is InChI=1S/C15H16BrNOS/c1-10(17)14-8-5-12(9-15(14)16)18-11-3-6-13(19-2)7-4-11/h3-10H,17H2,1-2H3/t10-/m1/s1. The smallest absolute Gasteiger partial charge is 0.128 e. The Morgan fingerprint density at radius 3 is 2.26 bits per heavy atom. The topological polar surface area (TPSA) is 35.2 Å². The molecule has 0 fully saturated rings. The van der Waals surface area contributed by atoms with Crippen molar-refractivity contribution in [2.24, 2.45) is 5.73 Å². The van der Waals surface area contributed by atoms with Crippen LogP contribution in [0.25, 0.3) is 0 Å². The van der Waals surface area contributed by atoms with Crippen LogP contribution in [0, 0.1) is 0 Å². The summed E-state index contributed by atoms with van der Waals surface area (Å²) in [5.74, 6) is 1.63. The van der Waals surface area contributed by atoms with E-state index in [1.165, 1.54) is 4.90 Å². The van der Waals surface area contributed by atoms with Gasteiger partial charge in [0.2, 0.25) is 0 Å². The van der Waals surface area contributed by atoms with Gasteiger partial charge in [-0.05, 0) is 55.1 Å². The molecular formula is C15H16BrNOS. The van der Waals surface area contributed by atoms with E-state index in [1.807, 2.05) is 49.4 Å². The fourth-order valence-corrected chi connectivity index (χ4v) is 2.85. The lowest BCUT2D eigenvalue weighted by Crippen LogP contribution is -2.05. The molecule has 0 saturated heterocycles. The lowest BCUT2D eigenvalue weighted by atomic mass is 10.1. The predicted molar refractivity (Wildman–Crippen MR) is 85.0 cm³/mol. The molecule has 2 rings (SSSR count). The lowest BCUT2D eigenvalue weighted by Gasteiger charge is -2.11. The summed E-state index contributed by atoms with van der Waals surface area (Å²) >= 11 is 5.23. The van der Waals surface area contributed by atoms with Gasteiger partial charge in [0.05, 0.1) is 0 Å². The van der Waals surface area contributed by atoms with Crippen molar-refractivity contribution in [1.82, 2.24) is 0 Å². The number of nitrogens with two attached hydrogens (primary N) is 1. The van der Waals surface area contributed by atoms with Gasteiger partial charge in [-0.25, -0.2) is 0 Å². The second kappa shape index (κ2) is 6.46. The monoisotopic (exact) mass is 337 g/mol. The minimum atomic E-state index is 0.00397. The highest BCUT2D eigenvalue weighted by molar-refractivity contribution is 9.10. The van der Waals surface area contributed by atoms with Gasteiger partial charge < -0.3 is 10.5 Å². The van der Waals surface area contributed by atoms with Crippen molar-refractivity contribution in [3.8, 4) is 11.5 Å². The molecule has 0 radical (unpaired) electrons. The summed E-state index contributed by atoms with van der Waals surface area (Å²) in [5.41, 5.74) is 6.95. The van der Waals surface area contributed by atoms with Gasteiger partial charge in [-0.2, -0.15) is 0 Å². The summed E-state index contributed by atoms with van der Waals surface area (Å²) in [5, 5.41) is 0. The van der Waals surface area contributed by atoms with E-state index in [0.29, 0.717) is 0 Å². The first-order valence-corrected chi connectivity index (χ1v) is 7.99. The molecule has 2 N–H and O–H groups in total. The third-order valence-corrected chi connectivity index (χ3v) is 4.19. The van der Waals surface area contributed by atoms with Crippen LogP contribution in [0.1, 0.15) is 18.5 Å². The number of halogens is 1. The average Bonchev–Trinajstić information content (AvgIpc) is 2.39. The van der Waals surface area contributed by atoms with E-state index in [0.717, 1.165) is 21.5 Å². The van der Waals surface area contributed by atoms with Crippen LogP contribution < -0.4 is 10.5 Å². The summed E-state index contributed by atoms with van der Waals surface area (Å²) < 4.78 is 6.79. The van der Waals surface area contributed by atoms with E-state index >= 15 is 0 Å². The van der Waals surface area contributed by atoms with Gasteiger partial charge >= 0.3 is 0 Å². The summed E-state index contributed by atoms with van der Waals surface area (Å²) in [6.45, 7) is 1.96. The maximum Gasteiger partial charge on any atom is 0.128 e. The van der Waals surface area contributed by atoms with Crippen molar-refractivity contribution < 1.29 is 4.74 Å². The van der Waals surface area contributed by atoms with Crippen LogP contribution in [-0.4, -0.2) is 6.26 Å². The van der Waals surface area contributed by atoms with E-state index in [-0.39, 0.29) is 6.04 Å². The molecular weight excluding hydrogens is 322 g/mol. The van der Waals surface area contributed by atoms with Gasteiger partial charge in [0.1, 0.15) is 11.5 Å². The van der Waals surface area contributed by atoms with Crippen LogP contribution >= 0.6 is 27.7 Å². The summed E-state index contributed by atoms with van der Waals surface area (Å²) in [4.78, 5) is 1.22. The van der Waals surface area contributed by atoms with E-state index in [4.69, 9.17) is 10.5 Å². The molecule has 0 aliphatic carbocycles. The van der Waals surface area contributed by atoms with Crippen LogP contribution in [0.3, 0.4) is 0 Å². The Labute approximate surface area is 126 Å². The molecule has 2 aromatic carbocycles. The van der Waals surface area contributed by atoms with Crippen LogP contribution in [0.15, 0.2) is 51.8 Å². The Bertz CT molecular complexity index is 555. The van der Waals surface area contributed by atoms with Crippen LogP contribution in [0.4, 0.5) is 0 Å². The van der Waals surface area contributed by atoms with Crippen LogP contribution in [0.5, 0.6) is 11.5 Å². The molecule has 0 amide bonds. The van der Waals surface area contributed by atoms with E-state index in [2.05, 4.69) is 22.2 Å². The number of hydrogen-bond donors (Lipinski definition) is 1. The first kappa shape index (κ1) is 14.4. The normalized spacial score (nSPS) is 12.2. The minimum Gasteiger partial charge on any atom is -0.457 e. The quantitative estimate of drug-likeness (QED) is 0.798. The van der Waals surface area contributed by atoms with Crippen molar-refractivity contribution in [2.45, 2.75) is 17.9 Å². The fourth-order valence-electron chi connectivity index (χ4n) is 1.72. The van der Waals surface area contributed by atoms with Crippen LogP contribution in [-0.2, 0) is 0 Å². The molecule has 0 bridgehead atoms. The molecule has 100 valence electrons. The van der Waals surface area contributed by atoms with Crippen molar-refractivity contribution >= 4 is 27.7 Å². The molecule has 0 heterocycles. The van der Waals surface area contributed by atoms with E-state index < -0.39 is 0 Å². The molecule has 0 aliphatic heterocycles. The summed E-state index contributed by atoms with van der Waals surface area (Å²) in [6.07, 6.45) is 2.06. The maximum absolute atomic E-state index is 5.88. The molecule has 0 unspecified atom stereocenters. The molecule has 0 saturated carbocycles. The van der Waals surface area contributed by atoms with Crippen molar-refractivity contribution in [3.05, 3.63) is 52.5 Å². The zero-order valence-corrected chi connectivity index (χ0v) is 13.3. The number of thioether (sulfide) groups is 1. The van der Waals surface area contributed by atoms with Gasteiger partial charge in [-0.15, -0.1) is 11.8 Å². The van der Waals surface area contributed by atoms with Crippen molar-refractivity contribution in [1.29, 1.82) is 0 Å². The van der Waals surface area contributed by atoms with Gasteiger partial charge in [0, 0.05) is 15.4 Å². The Morgan fingerprint density at radius 1 is 1.11 bits per heavy atom. The molecule has 2 nitrogen and oxygen atoms in total. The highest BCUT2D eigenvalue weighted by Crippen LogP contribution is 2.30. The van der Waals surface area contributed by atoms with Gasteiger partial charge in [-0.3, -0.25) is 0 Å². The average molecular weight is 338 g/mol. The largest absolute Gasteiger partial charge is 0.457 e. The third kappa shape index (κ3) is 3.75. The van der Waals surface area contributed by atoms with Crippen LogP contribution in [0.2, 0.25) is 0 Å². The predicted octanol–water partition coefficient (Wildman–Crippen LogP) is 4.98. The Balaban J connectivity index is 2.16. The second-order valence-corrected chi connectivity index (χ2v) is 5.98. The van der Waals surface area contributed by atoms with Gasteiger partial charge in [-0.1, -0.05) is 22.0 Å². The zero-order chi connectivity index (χ0) is 13.8. The highest BCUT2D eigenvalue weighted by Gasteiger charge is 2.06. The Morgan fingerprint density at radius 2 is 1.74 bits per heavy atom. The molecule has 2 aromatic rings. The number of hydrogen-bond acceptors (Lipinski definition) is 3. The molecule has 0 aromatic heterocycles. The Kier molecular flexibility index (Phi) is 4.91. The number of ether oxygens (including phenoxy) is 1. The number of rotatable bonds is 4. The van der Waals surface area contributed by atoms with E-state index in [9.17, 15) is 0 Å². The second-order valence-electron chi connectivity index (χ2n) is 4.25. The first-order chi connectivity index (χ1) is 9.10. The Hall–Kier alpha value is -0.970. The molecule has 0 aliphatic rings. The molecule has 19 heavy (non-hydrogen) atoms. The highest BCUT2D eigenvalue weighted by atomic mass is 79.9. The number of benzene rings is 2. The summed E-state index contributed by atoms with van der Waals surface area (Å²) in [6, 6.07) is 13.9.